The zero-order valence-corrected chi connectivity index (χ0v) is 20.9. The van der Waals surface area contributed by atoms with Gasteiger partial charge < -0.3 is 10.6 Å². The number of rotatable bonds is 6. The molecule has 1 atom stereocenters. The van der Waals surface area contributed by atoms with Crippen molar-refractivity contribution in [1.29, 1.82) is 0 Å². The molecule has 2 N–H and O–H groups in total. The SMILES string of the molecule is CCn1c(=O)c(-c2ncc(C3CC3)cc2C)cc2cnc(Nc3ccc(C4CCCNC4)cc3)nc21. The number of benzene rings is 1. The number of piperidine rings is 1. The van der Waals surface area contributed by atoms with Crippen molar-refractivity contribution in [2.45, 2.75) is 57.9 Å². The maximum atomic E-state index is 13.5. The summed E-state index contributed by atoms with van der Waals surface area (Å²) in [5.41, 5.74) is 6.48. The van der Waals surface area contributed by atoms with E-state index in [0.717, 1.165) is 35.4 Å². The van der Waals surface area contributed by atoms with Gasteiger partial charge in [0.05, 0.1) is 11.3 Å². The van der Waals surface area contributed by atoms with E-state index < -0.39 is 0 Å². The summed E-state index contributed by atoms with van der Waals surface area (Å²) in [5, 5.41) is 7.61. The van der Waals surface area contributed by atoms with Gasteiger partial charge in [0.1, 0.15) is 5.65 Å². The van der Waals surface area contributed by atoms with Crippen molar-refractivity contribution in [3.8, 4) is 11.3 Å². The second-order valence-corrected chi connectivity index (χ2v) is 10.1. The molecule has 1 aromatic carbocycles. The Kier molecular flexibility index (Phi) is 6.01. The average Bonchev–Trinajstić information content (AvgIpc) is 3.75. The van der Waals surface area contributed by atoms with Crippen LogP contribution in [0.4, 0.5) is 11.6 Å². The Morgan fingerprint density at radius 1 is 1.03 bits per heavy atom. The van der Waals surface area contributed by atoms with Crippen LogP contribution in [0.1, 0.15) is 61.1 Å². The van der Waals surface area contributed by atoms with E-state index in [0.29, 0.717) is 35.5 Å². The van der Waals surface area contributed by atoms with Crippen LogP contribution in [0.25, 0.3) is 22.3 Å². The van der Waals surface area contributed by atoms with Gasteiger partial charge in [0.2, 0.25) is 5.95 Å². The van der Waals surface area contributed by atoms with E-state index in [-0.39, 0.29) is 5.56 Å². The molecule has 184 valence electrons. The molecule has 0 amide bonds. The minimum atomic E-state index is -0.0742. The molecule has 0 radical (unpaired) electrons. The number of fused-ring (bicyclic) bond motifs is 1. The largest absolute Gasteiger partial charge is 0.324 e. The van der Waals surface area contributed by atoms with Gasteiger partial charge in [-0.15, -0.1) is 0 Å². The first-order valence-electron chi connectivity index (χ1n) is 13.1. The first-order chi connectivity index (χ1) is 17.6. The van der Waals surface area contributed by atoms with Gasteiger partial charge in [0, 0.05) is 36.6 Å². The van der Waals surface area contributed by atoms with Gasteiger partial charge in [-0.3, -0.25) is 14.3 Å². The maximum Gasteiger partial charge on any atom is 0.261 e. The molecule has 4 aromatic rings. The maximum absolute atomic E-state index is 13.5. The number of nitrogens with one attached hydrogen (secondary N) is 2. The lowest BCUT2D eigenvalue weighted by Gasteiger charge is -2.23. The van der Waals surface area contributed by atoms with Crippen molar-refractivity contribution < 1.29 is 0 Å². The van der Waals surface area contributed by atoms with Crippen molar-refractivity contribution in [2.24, 2.45) is 0 Å². The second-order valence-electron chi connectivity index (χ2n) is 10.1. The van der Waals surface area contributed by atoms with Crippen LogP contribution in [0, 0.1) is 6.92 Å². The predicted octanol–water partition coefficient (Wildman–Crippen LogP) is 5.27. The zero-order valence-electron chi connectivity index (χ0n) is 20.9. The number of pyridine rings is 2. The third-order valence-corrected chi connectivity index (χ3v) is 7.48. The number of hydrogen-bond acceptors (Lipinski definition) is 6. The van der Waals surface area contributed by atoms with E-state index in [1.54, 1.807) is 10.8 Å². The summed E-state index contributed by atoms with van der Waals surface area (Å²) in [4.78, 5) is 27.5. The summed E-state index contributed by atoms with van der Waals surface area (Å²) >= 11 is 0. The topological polar surface area (TPSA) is 84.7 Å². The molecule has 3 aromatic heterocycles. The Hall–Kier alpha value is -3.58. The van der Waals surface area contributed by atoms with Crippen LogP contribution in [0.2, 0.25) is 0 Å². The highest BCUT2D eigenvalue weighted by molar-refractivity contribution is 5.81. The van der Waals surface area contributed by atoms with E-state index in [2.05, 4.69) is 45.9 Å². The zero-order chi connectivity index (χ0) is 24.6. The highest BCUT2D eigenvalue weighted by Gasteiger charge is 2.25. The third kappa shape index (κ3) is 4.39. The van der Waals surface area contributed by atoms with Crippen LogP contribution >= 0.6 is 0 Å². The van der Waals surface area contributed by atoms with E-state index in [4.69, 9.17) is 9.97 Å². The summed E-state index contributed by atoms with van der Waals surface area (Å²) in [6.45, 7) is 6.67. The van der Waals surface area contributed by atoms with Crippen molar-refractivity contribution in [1.82, 2.24) is 24.8 Å². The van der Waals surface area contributed by atoms with E-state index in [1.807, 2.05) is 26.1 Å². The van der Waals surface area contributed by atoms with Gasteiger partial charge in [-0.1, -0.05) is 18.2 Å². The van der Waals surface area contributed by atoms with Crippen LogP contribution in [0.15, 0.2) is 53.6 Å². The summed E-state index contributed by atoms with van der Waals surface area (Å²) in [6, 6.07) is 12.6. The van der Waals surface area contributed by atoms with Crippen molar-refractivity contribution in [3.05, 3.63) is 75.8 Å². The Morgan fingerprint density at radius 3 is 2.56 bits per heavy atom. The number of aryl methyl sites for hydroxylation is 2. The van der Waals surface area contributed by atoms with E-state index in [1.165, 1.54) is 36.8 Å². The summed E-state index contributed by atoms with van der Waals surface area (Å²) in [7, 11) is 0. The van der Waals surface area contributed by atoms with Gasteiger partial charge in [0.25, 0.3) is 5.56 Å². The molecule has 0 bridgehead atoms. The summed E-state index contributed by atoms with van der Waals surface area (Å²) in [5.74, 6) is 1.68. The molecule has 0 spiro atoms. The molecule has 4 heterocycles. The van der Waals surface area contributed by atoms with Crippen molar-refractivity contribution in [2.75, 3.05) is 18.4 Å². The lowest BCUT2D eigenvalue weighted by molar-refractivity contribution is 0.461. The quantitative estimate of drug-likeness (QED) is 0.391. The molecule has 1 unspecified atom stereocenters. The van der Waals surface area contributed by atoms with Crippen LogP contribution in [-0.2, 0) is 6.54 Å². The van der Waals surface area contributed by atoms with Gasteiger partial charge >= 0.3 is 0 Å². The number of aromatic nitrogens is 4. The molecule has 1 aliphatic heterocycles. The highest BCUT2D eigenvalue weighted by atomic mass is 16.1. The molecule has 7 nitrogen and oxygen atoms in total. The molecular formula is C29H32N6O. The molecule has 6 rings (SSSR count). The molecule has 2 fully saturated rings. The van der Waals surface area contributed by atoms with E-state index in [9.17, 15) is 4.79 Å². The number of nitrogens with zero attached hydrogens (tertiary/aromatic N) is 4. The molecule has 2 aliphatic rings. The minimum Gasteiger partial charge on any atom is -0.324 e. The Bertz CT molecular complexity index is 1470. The van der Waals surface area contributed by atoms with Crippen molar-refractivity contribution >= 4 is 22.7 Å². The predicted molar refractivity (Wildman–Crippen MR) is 144 cm³/mol. The first-order valence-corrected chi connectivity index (χ1v) is 13.1. The molecule has 1 aliphatic carbocycles. The Labute approximate surface area is 211 Å². The van der Waals surface area contributed by atoms with Crippen LogP contribution in [-0.4, -0.2) is 32.6 Å². The highest BCUT2D eigenvalue weighted by Crippen LogP contribution is 2.40. The Balaban J connectivity index is 1.30. The average molecular weight is 481 g/mol. The molecule has 1 saturated heterocycles. The van der Waals surface area contributed by atoms with Gasteiger partial charge in [-0.25, -0.2) is 4.98 Å². The second kappa shape index (κ2) is 9.47. The fraction of sp³-hybridized carbons (Fsp3) is 0.379. The third-order valence-electron chi connectivity index (χ3n) is 7.48. The van der Waals surface area contributed by atoms with E-state index >= 15 is 0 Å². The molecule has 7 heteroatoms. The monoisotopic (exact) mass is 480 g/mol. The smallest absolute Gasteiger partial charge is 0.261 e. The lowest BCUT2D eigenvalue weighted by Crippen LogP contribution is -2.28. The molecular weight excluding hydrogens is 448 g/mol. The summed E-state index contributed by atoms with van der Waals surface area (Å²) in [6.07, 6.45) is 8.63. The minimum absolute atomic E-state index is 0.0742. The number of anilines is 2. The molecule has 36 heavy (non-hydrogen) atoms. The van der Waals surface area contributed by atoms with Gasteiger partial charge in [-0.05, 0) is 92.8 Å². The van der Waals surface area contributed by atoms with Crippen LogP contribution < -0.4 is 16.2 Å². The fourth-order valence-electron chi connectivity index (χ4n) is 5.30. The summed E-state index contributed by atoms with van der Waals surface area (Å²) < 4.78 is 1.71. The molecule has 1 saturated carbocycles. The standard InChI is InChI=1S/C29H32N6O/c1-3-35-27-23(14-25(28(35)36)26-18(2)13-22(16-31-26)20-6-7-20)17-32-29(34-27)33-24-10-8-19(9-11-24)21-5-4-12-30-15-21/h8-11,13-14,16-17,20-21,30H,3-7,12,15H2,1-2H3,(H,32,33,34). The van der Waals surface area contributed by atoms with Crippen molar-refractivity contribution in [3.63, 3.8) is 0 Å². The Morgan fingerprint density at radius 2 is 1.86 bits per heavy atom. The first kappa shape index (κ1) is 22.9. The lowest BCUT2D eigenvalue weighted by atomic mass is 9.92. The van der Waals surface area contributed by atoms with Gasteiger partial charge in [0.15, 0.2) is 0 Å². The van der Waals surface area contributed by atoms with Gasteiger partial charge in [-0.2, -0.15) is 4.98 Å². The normalized spacial score (nSPS) is 17.9. The van der Waals surface area contributed by atoms with Crippen LogP contribution in [0.3, 0.4) is 0 Å². The number of hydrogen-bond donors (Lipinski definition) is 2. The van der Waals surface area contributed by atoms with Crippen LogP contribution in [0.5, 0.6) is 0 Å². The fourth-order valence-corrected chi connectivity index (χ4v) is 5.30.